The predicted molar refractivity (Wildman–Crippen MR) is 91.9 cm³/mol. The number of rotatable bonds is 6. The molecule has 5 heteroatoms. The van der Waals surface area contributed by atoms with Crippen LogP contribution in [-0.4, -0.2) is 21.3 Å². The van der Waals surface area contributed by atoms with Gasteiger partial charge in [-0.3, -0.25) is 0 Å². The van der Waals surface area contributed by atoms with Crippen LogP contribution in [-0.2, 0) is 6.54 Å². The van der Waals surface area contributed by atoms with Gasteiger partial charge in [0.2, 0.25) is 0 Å². The third kappa shape index (κ3) is 3.66. The second kappa shape index (κ2) is 7.02. The van der Waals surface area contributed by atoms with E-state index in [0.717, 1.165) is 29.7 Å². The number of hydrogen-bond donors (Lipinski definition) is 1. The van der Waals surface area contributed by atoms with E-state index in [4.69, 9.17) is 16.3 Å². The summed E-state index contributed by atoms with van der Waals surface area (Å²) in [6.07, 6.45) is 0.225. The van der Waals surface area contributed by atoms with Crippen molar-refractivity contribution >= 4 is 22.6 Å². The zero-order valence-electron chi connectivity index (χ0n) is 12.9. The average Bonchev–Trinajstić information content (AvgIpc) is 2.92. The molecule has 1 heterocycles. The minimum absolute atomic E-state index is 0.591. The van der Waals surface area contributed by atoms with Crippen LogP contribution in [0.15, 0.2) is 48.5 Å². The summed E-state index contributed by atoms with van der Waals surface area (Å²) >= 11 is 5.85. The Morgan fingerprint density at radius 2 is 1.91 bits per heavy atom. The summed E-state index contributed by atoms with van der Waals surface area (Å²) in [5.74, 6) is 1.50. The molecule has 0 amide bonds. The topological polar surface area (TPSA) is 47.3 Å². The fraction of sp³-hybridized carbons (Fsp3) is 0.278. The van der Waals surface area contributed by atoms with E-state index >= 15 is 0 Å². The van der Waals surface area contributed by atoms with Crippen LogP contribution < -0.4 is 4.74 Å². The summed E-state index contributed by atoms with van der Waals surface area (Å²) in [4.78, 5) is 4.52. The van der Waals surface area contributed by atoms with E-state index in [-0.39, 0.29) is 0 Å². The van der Waals surface area contributed by atoms with Gasteiger partial charge in [-0.1, -0.05) is 23.7 Å². The highest BCUT2D eigenvalue weighted by molar-refractivity contribution is 6.30. The molecule has 0 spiro atoms. The number of para-hydroxylation sites is 2. The highest BCUT2D eigenvalue weighted by Gasteiger charge is 2.14. The highest BCUT2D eigenvalue weighted by atomic mass is 35.5. The number of fused-ring (bicyclic) bond motifs is 1. The minimum atomic E-state index is -0.598. The number of aliphatic hydroxyl groups excluding tert-OH is 1. The third-order valence-electron chi connectivity index (χ3n) is 3.67. The van der Waals surface area contributed by atoms with Crippen LogP contribution in [0.3, 0.4) is 0 Å². The lowest BCUT2D eigenvalue weighted by atomic mass is 10.3. The summed E-state index contributed by atoms with van der Waals surface area (Å²) in [5.41, 5.74) is 1.94. The highest BCUT2D eigenvalue weighted by Crippen LogP contribution is 2.21. The van der Waals surface area contributed by atoms with Gasteiger partial charge in [-0.15, -0.1) is 0 Å². The van der Waals surface area contributed by atoms with Gasteiger partial charge in [0.1, 0.15) is 17.7 Å². The third-order valence-corrected chi connectivity index (χ3v) is 3.92. The van der Waals surface area contributed by atoms with E-state index in [1.54, 1.807) is 6.92 Å². The first-order chi connectivity index (χ1) is 11.1. The lowest BCUT2D eigenvalue weighted by molar-refractivity contribution is 0.183. The van der Waals surface area contributed by atoms with Gasteiger partial charge in [0, 0.05) is 11.6 Å². The maximum atomic E-state index is 9.94. The SMILES string of the molecule is CC(O)c1nc2ccccc2n1CCCOc1ccc(Cl)cc1. The van der Waals surface area contributed by atoms with Crippen LogP contribution in [0.1, 0.15) is 25.3 Å². The number of ether oxygens (including phenoxy) is 1. The largest absolute Gasteiger partial charge is 0.494 e. The summed E-state index contributed by atoms with van der Waals surface area (Å²) in [6, 6.07) is 15.3. The first-order valence-electron chi connectivity index (χ1n) is 7.67. The number of halogens is 1. The van der Waals surface area contributed by atoms with E-state index in [1.807, 2.05) is 48.5 Å². The smallest absolute Gasteiger partial charge is 0.138 e. The fourth-order valence-electron chi connectivity index (χ4n) is 2.59. The Morgan fingerprint density at radius 1 is 1.17 bits per heavy atom. The second-order valence-corrected chi connectivity index (χ2v) is 5.88. The van der Waals surface area contributed by atoms with Gasteiger partial charge in [0.05, 0.1) is 17.6 Å². The van der Waals surface area contributed by atoms with E-state index in [1.165, 1.54) is 0 Å². The van der Waals surface area contributed by atoms with Crippen molar-refractivity contribution in [3.63, 3.8) is 0 Å². The zero-order chi connectivity index (χ0) is 16.2. The molecule has 0 fully saturated rings. The second-order valence-electron chi connectivity index (χ2n) is 5.44. The lowest BCUT2D eigenvalue weighted by Crippen LogP contribution is -2.09. The van der Waals surface area contributed by atoms with Crippen LogP contribution in [0, 0.1) is 0 Å². The molecule has 3 rings (SSSR count). The molecular formula is C18H19ClN2O2. The molecule has 120 valence electrons. The Bertz CT molecular complexity index is 781. The first-order valence-corrected chi connectivity index (χ1v) is 8.04. The Labute approximate surface area is 140 Å². The normalized spacial score (nSPS) is 12.5. The number of nitrogens with zero attached hydrogens (tertiary/aromatic N) is 2. The first kappa shape index (κ1) is 15.8. The van der Waals surface area contributed by atoms with Crippen LogP contribution in [0.25, 0.3) is 11.0 Å². The van der Waals surface area contributed by atoms with Gasteiger partial charge in [0.25, 0.3) is 0 Å². The summed E-state index contributed by atoms with van der Waals surface area (Å²) < 4.78 is 7.78. The van der Waals surface area contributed by atoms with Crippen molar-refractivity contribution in [1.29, 1.82) is 0 Å². The summed E-state index contributed by atoms with van der Waals surface area (Å²) in [5, 5.41) is 10.6. The summed E-state index contributed by atoms with van der Waals surface area (Å²) in [7, 11) is 0. The monoisotopic (exact) mass is 330 g/mol. The Morgan fingerprint density at radius 3 is 2.65 bits per heavy atom. The van der Waals surface area contributed by atoms with E-state index in [2.05, 4.69) is 9.55 Å². The van der Waals surface area contributed by atoms with Crippen LogP contribution in [0.4, 0.5) is 0 Å². The maximum Gasteiger partial charge on any atom is 0.138 e. The Hall–Kier alpha value is -2.04. The Kier molecular flexibility index (Phi) is 4.84. The van der Waals surface area contributed by atoms with Gasteiger partial charge in [0.15, 0.2) is 0 Å². The number of aliphatic hydroxyl groups is 1. The van der Waals surface area contributed by atoms with Crippen LogP contribution in [0.5, 0.6) is 5.75 Å². The number of hydrogen-bond acceptors (Lipinski definition) is 3. The zero-order valence-corrected chi connectivity index (χ0v) is 13.7. The minimum Gasteiger partial charge on any atom is -0.494 e. The van der Waals surface area contributed by atoms with Crippen molar-refractivity contribution in [3.8, 4) is 5.75 Å². The molecule has 0 saturated heterocycles. The van der Waals surface area contributed by atoms with Crippen molar-refractivity contribution in [2.75, 3.05) is 6.61 Å². The lowest BCUT2D eigenvalue weighted by Gasteiger charge is -2.11. The number of aromatic nitrogens is 2. The molecule has 1 aromatic heterocycles. The average molecular weight is 331 g/mol. The van der Waals surface area contributed by atoms with E-state index in [9.17, 15) is 5.11 Å². The van der Waals surface area contributed by atoms with Crippen LogP contribution in [0.2, 0.25) is 5.02 Å². The van der Waals surface area contributed by atoms with Gasteiger partial charge >= 0.3 is 0 Å². The molecule has 0 saturated carbocycles. The van der Waals surface area contributed by atoms with Crippen molar-refractivity contribution in [2.45, 2.75) is 26.0 Å². The van der Waals surface area contributed by atoms with E-state index < -0.39 is 6.10 Å². The van der Waals surface area contributed by atoms with Crippen molar-refractivity contribution < 1.29 is 9.84 Å². The maximum absolute atomic E-state index is 9.94. The van der Waals surface area contributed by atoms with Gasteiger partial charge < -0.3 is 14.4 Å². The molecule has 23 heavy (non-hydrogen) atoms. The van der Waals surface area contributed by atoms with Gasteiger partial charge in [-0.2, -0.15) is 0 Å². The molecule has 0 radical (unpaired) electrons. The fourth-order valence-corrected chi connectivity index (χ4v) is 2.72. The van der Waals surface area contributed by atoms with Crippen molar-refractivity contribution in [3.05, 3.63) is 59.4 Å². The standard InChI is InChI=1S/C18H19ClN2O2/c1-13(22)18-20-16-5-2-3-6-17(16)21(18)11-4-12-23-15-9-7-14(19)8-10-15/h2-3,5-10,13,22H,4,11-12H2,1H3. The quantitative estimate of drug-likeness (QED) is 0.689. The molecule has 0 aliphatic heterocycles. The van der Waals surface area contributed by atoms with Crippen molar-refractivity contribution in [1.82, 2.24) is 9.55 Å². The predicted octanol–water partition coefficient (Wildman–Crippen LogP) is 4.21. The molecule has 0 bridgehead atoms. The number of benzene rings is 2. The van der Waals surface area contributed by atoms with Gasteiger partial charge in [-0.25, -0.2) is 4.98 Å². The van der Waals surface area contributed by atoms with Crippen molar-refractivity contribution in [2.24, 2.45) is 0 Å². The molecular weight excluding hydrogens is 312 g/mol. The van der Waals surface area contributed by atoms with Crippen LogP contribution >= 0.6 is 11.6 Å². The molecule has 1 atom stereocenters. The molecule has 0 aliphatic rings. The number of aryl methyl sites for hydroxylation is 1. The molecule has 3 aromatic rings. The Balaban J connectivity index is 1.66. The van der Waals surface area contributed by atoms with E-state index in [0.29, 0.717) is 17.5 Å². The molecule has 4 nitrogen and oxygen atoms in total. The number of imidazole rings is 1. The molecule has 1 unspecified atom stereocenters. The van der Waals surface area contributed by atoms with Gasteiger partial charge in [-0.05, 0) is 49.7 Å². The summed E-state index contributed by atoms with van der Waals surface area (Å²) in [6.45, 7) is 3.07. The molecule has 1 N–H and O–H groups in total. The molecule has 0 aliphatic carbocycles. The molecule has 2 aromatic carbocycles.